The van der Waals surface area contributed by atoms with Crippen LogP contribution >= 0.6 is 11.8 Å². The summed E-state index contributed by atoms with van der Waals surface area (Å²) in [4.78, 5) is 28.8. The van der Waals surface area contributed by atoms with E-state index in [1.54, 1.807) is 18.0 Å². The van der Waals surface area contributed by atoms with Gasteiger partial charge in [0.25, 0.3) is 5.91 Å². The standard InChI is InChI=1S/C25H32N6OS/c1-4-16-33-24-20(9-7-15-26-24)23(32)27-17-11-13-18(14-12-17)28-25-29-21-10-6-5-8-19(21)22(30-25)31(2)3/h5-10,15,17-18H,4,11-14,16H2,1-3H3,(H,27,32)(H,28,29,30)/t17-,18+. The third kappa shape index (κ3) is 5.74. The maximum absolute atomic E-state index is 12.9. The minimum atomic E-state index is -0.0217. The molecule has 1 aliphatic carbocycles. The van der Waals surface area contributed by atoms with Crippen LogP contribution in [0.1, 0.15) is 49.4 Å². The number of fused-ring (bicyclic) bond motifs is 1. The van der Waals surface area contributed by atoms with Crippen molar-refractivity contribution in [1.82, 2.24) is 20.3 Å². The largest absolute Gasteiger partial charge is 0.362 e. The average Bonchev–Trinajstić information content (AvgIpc) is 2.83. The number of carbonyl (C=O) groups is 1. The van der Waals surface area contributed by atoms with Crippen LogP contribution in [0.5, 0.6) is 0 Å². The number of anilines is 2. The molecule has 174 valence electrons. The first-order valence-corrected chi connectivity index (χ1v) is 12.6. The molecule has 2 N–H and O–H groups in total. The van der Waals surface area contributed by atoms with Crippen molar-refractivity contribution in [3.63, 3.8) is 0 Å². The topological polar surface area (TPSA) is 83.0 Å². The summed E-state index contributed by atoms with van der Waals surface area (Å²) in [5.74, 6) is 2.52. The van der Waals surface area contributed by atoms with E-state index in [1.165, 1.54) is 0 Å². The molecule has 2 aromatic heterocycles. The van der Waals surface area contributed by atoms with E-state index < -0.39 is 0 Å². The lowest BCUT2D eigenvalue weighted by molar-refractivity contribution is 0.0923. The van der Waals surface area contributed by atoms with E-state index in [0.29, 0.717) is 17.6 Å². The molecule has 3 aromatic rings. The summed E-state index contributed by atoms with van der Waals surface area (Å²) in [5.41, 5.74) is 1.62. The summed E-state index contributed by atoms with van der Waals surface area (Å²) in [6.45, 7) is 2.13. The van der Waals surface area contributed by atoms with E-state index in [2.05, 4.69) is 28.6 Å². The van der Waals surface area contributed by atoms with Crippen LogP contribution in [0.4, 0.5) is 11.8 Å². The second-order valence-corrected chi connectivity index (χ2v) is 9.74. The Kier molecular flexibility index (Phi) is 7.65. The number of para-hydroxylation sites is 1. The van der Waals surface area contributed by atoms with Crippen LogP contribution in [-0.4, -0.2) is 52.8 Å². The van der Waals surface area contributed by atoms with E-state index in [9.17, 15) is 4.79 Å². The predicted octanol–water partition coefficient (Wildman–Crippen LogP) is 4.75. The SMILES string of the molecule is CCCSc1ncccc1C(=O)N[C@H]1CC[C@@H](Nc2nc(N(C)C)c3ccccc3n2)CC1. The molecule has 0 atom stereocenters. The molecule has 2 heterocycles. The van der Waals surface area contributed by atoms with Crippen LogP contribution in [0.15, 0.2) is 47.6 Å². The van der Waals surface area contributed by atoms with E-state index in [0.717, 1.165) is 59.6 Å². The van der Waals surface area contributed by atoms with Gasteiger partial charge in [0.2, 0.25) is 5.95 Å². The van der Waals surface area contributed by atoms with Gasteiger partial charge in [-0.05, 0) is 62.1 Å². The molecular formula is C25H32N6OS. The Morgan fingerprint density at radius 3 is 2.58 bits per heavy atom. The molecule has 0 bridgehead atoms. The van der Waals surface area contributed by atoms with Gasteiger partial charge in [-0.15, -0.1) is 11.8 Å². The highest BCUT2D eigenvalue weighted by molar-refractivity contribution is 7.99. The second-order valence-electron chi connectivity index (χ2n) is 8.65. The minimum absolute atomic E-state index is 0.0217. The summed E-state index contributed by atoms with van der Waals surface area (Å²) < 4.78 is 0. The van der Waals surface area contributed by atoms with Gasteiger partial charge >= 0.3 is 0 Å². The first-order chi connectivity index (χ1) is 16.0. The zero-order valence-electron chi connectivity index (χ0n) is 19.5. The van der Waals surface area contributed by atoms with Gasteiger partial charge in [0.1, 0.15) is 10.8 Å². The van der Waals surface area contributed by atoms with Gasteiger partial charge in [0, 0.05) is 37.8 Å². The van der Waals surface area contributed by atoms with Gasteiger partial charge in [-0.2, -0.15) is 4.98 Å². The molecule has 1 saturated carbocycles. The zero-order valence-corrected chi connectivity index (χ0v) is 20.4. The Morgan fingerprint density at radius 1 is 1.06 bits per heavy atom. The molecule has 1 fully saturated rings. The summed E-state index contributed by atoms with van der Waals surface area (Å²) in [7, 11) is 4.00. The molecule has 1 aliphatic rings. The fraction of sp³-hybridized carbons (Fsp3) is 0.440. The van der Waals surface area contributed by atoms with Crippen molar-refractivity contribution in [1.29, 1.82) is 0 Å². The number of hydrogen-bond acceptors (Lipinski definition) is 7. The van der Waals surface area contributed by atoms with Crippen LogP contribution < -0.4 is 15.5 Å². The van der Waals surface area contributed by atoms with Gasteiger partial charge < -0.3 is 15.5 Å². The highest BCUT2D eigenvalue weighted by atomic mass is 32.2. The molecule has 0 saturated heterocycles. The van der Waals surface area contributed by atoms with Gasteiger partial charge in [0.15, 0.2) is 0 Å². The Labute approximate surface area is 199 Å². The van der Waals surface area contributed by atoms with Crippen LogP contribution in [0.3, 0.4) is 0 Å². The molecule has 7 nitrogen and oxygen atoms in total. The van der Waals surface area contributed by atoms with E-state index in [1.807, 2.05) is 49.3 Å². The van der Waals surface area contributed by atoms with Crippen molar-refractivity contribution in [3.8, 4) is 0 Å². The van der Waals surface area contributed by atoms with Crippen molar-refractivity contribution in [2.24, 2.45) is 0 Å². The molecule has 0 radical (unpaired) electrons. The molecule has 8 heteroatoms. The molecule has 1 amide bonds. The Morgan fingerprint density at radius 2 is 1.82 bits per heavy atom. The molecule has 33 heavy (non-hydrogen) atoms. The second kappa shape index (κ2) is 10.8. The maximum Gasteiger partial charge on any atom is 0.254 e. The lowest BCUT2D eigenvalue weighted by Crippen LogP contribution is -2.40. The fourth-order valence-corrected chi connectivity index (χ4v) is 5.02. The summed E-state index contributed by atoms with van der Waals surface area (Å²) in [5, 5.41) is 8.62. The normalized spacial score (nSPS) is 18.2. The number of amides is 1. The molecular weight excluding hydrogens is 432 g/mol. The lowest BCUT2D eigenvalue weighted by Gasteiger charge is -2.30. The summed E-state index contributed by atoms with van der Waals surface area (Å²) in [6.07, 6.45) is 6.58. The van der Waals surface area contributed by atoms with Crippen molar-refractivity contribution >= 4 is 40.3 Å². The number of carbonyl (C=O) groups excluding carboxylic acids is 1. The van der Waals surface area contributed by atoms with Gasteiger partial charge in [-0.1, -0.05) is 19.1 Å². The van der Waals surface area contributed by atoms with Crippen molar-refractivity contribution in [3.05, 3.63) is 48.2 Å². The lowest BCUT2D eigenvalue weighted by atomic mass is 9.91. The van der Waals surface area contributed by atoms with Crippen LogP contribution in [-0.2, 0) is 0 Å². The van der Waals surface area contributed by atoms with Crippen molar-refractivity contribution in [2.45, 2.75) is 56.1 Å². The Bertz CT molecular complexity index is 1100. The monoisotopic (exact) mass is 464 g/mol. The van der Waals surface area contributed by atoms with Crippen LogP contribution in [0.2, 0.25) is 0 Å². The number of thioether (sulfide) groups is 1. The number of pyridine rings is 1. The highest BCUT2D eigenvalue weighted by Crippen LogP contribution is 2.27. The molecule has 0 aliphatic heterocycles. The molecule has 4 rings (SSSR count). The minimum Gasteiger partial charge on any atom is -0.362 e. The highest BCUT2D eigenvalue weighted by Gasteiger charge is 2.24. The van der Waals surface area contributed by atoms with Gasteiger partial charge in [0.05, 0.1) is 11.1 Å². The van der Waals surface area contributed by atoms with Crippen LogP contribution in [0, 0.1) is 0 Å². The quantitative estimate of drug-likeness (QED) is 0.466. The van der Waals surface area contributed by atoms with Crippen molar-refractivity contribution < 1.29 is 4.79 Å². The number of aromatic nitrogens is 3. The summed E-state index contributed by atoms with van der Waals surface area (Å²) in [6, 6.07) is 12.3. The number of rotatable bonds is 8. The first-order valence-electron chi connectivity index (χ1n) is 11.6. The Balaban J connectivity index is 1.36. The van der Waals surface area contributed by atoms with E-state index >= 15 is 0 Å². The smallest absolute Gasteiger partial charge is 0.254 e. The van der Waals surface area contributed by atoms with E-state index in [4.69, 9.17) is 9.97 Å². The Hall–Kier alpha value is -2.87. The number of benzene rings is 1. The third-order valence-electron chi connectivity index (χ3n) is 5.86. The molecule has 0 unspecified atom stereocenters. The van der Waals surface area contributed by atoms with Crippen molar-refractivity contribution in [2.75, 3.05) is 30.1 Å². The number of hydrogen-bond donors (Lipinski definition) is 2. The van der Waals surface area contributed by atoms with Gasteiger partial charge in [-0.25, -0.2) is 9.97 Å². The maximum atomic E-state index is 12.9. The third-order valence-corrected chi connectivity index (χ3v) is 7.07. The first kappa shape index (κ1) is 23.3. The molecule has 0 spiro atoms. The van der Waals surface area contributed by atoms with Gasteiger partial charge in [-0.3, -0.25) is 4.79 Å². The zero-order chi connectivity index (χ0) is 23.2. The number of nitrogens with one attached hydrogen (secondary N) is 2. The van der Waals surface area contributed by atoms with E-state index in [-0.39, 0.29) is 11.9 Å². The van der Waals surface area contributed by atoms with Crippen LogP contribution in [0.25, 0.3) is 10.9 Å². The fourth-order valence-electron chi connectivity index (χ4n) is 4.17. The molecule has 1 aromatic carbocycles. The number of nitrogens with zero attached hydrogens (tertiary/aromatic N) is 4. The average molecular weight is 465 g/mol. The summed E-state index contributed by atoms with van der Waals surface area (Å²) >= 11 is 1.64. The predicted molar refractivity (Wildman–Crippen MR) is 136 cm³/mol.